The van der Waals surface area contributed by atoms with Crippen LogP contribution in [0.25, 0.3) is 0 Å². The molecule has 2 aromatic rings. The molecule has 0 saturated heterocycles. The second kappa shape index (κ2) is 5.55. The smallest absolute Gasteiger partial charge is 0.251 e. The number of benzene rings is 2. The number of nitrogens with one attached hydrogen (secondary N) is 1. The average molecular weight is 288 g/mol. The Kier molecular flexibility index (Phi) is 3.61. The van der Waals surface area contributed by atoms with Crippen molar-refractivity contribution in [3.05, 3.63) is 64.7 Å². The Morgan fingerprint density at radius 2 is 1.90 bits per heavy atom. The summed E-state index contributed by atoms with van der Waals surface area (Å²) in [6.07, 6.45) is 0.787. The van der Waals surface area contributed by atoms with E-state index in [2.05, 4.69) is 5.32 Å². The van der Waals surface area contributed by atoms with Gasteiger partial charge in [0.1, 0.15) is 12.4 Å². The van der Waals surface area contributed by atoms with Gasteiger partial charge in [0.2, 0.25) is 0 Å². The van der Waals surface area contributed by atoms with Crippen LogP contribution in [0.3, 0.4) is 0 Å². The van der Waals surface area contributed by atoms with Crippen molar-refractivity contribution >= 4 is 17.5 Å². The number of hydrogen-bond acceptors (Lipinski definition) is 2. The molecule has 3 rings (SSSR count). The van der Waals surface area contributed by atoms with E-state index >= 15 is 0 Å². The minimum absolute atomic E-state index is 0.00641. The van der Waals surface area contributed by atoms with Crippen molar-refractivity contribution < 1.29 is 9.53 Å². The Balaban J connectivity index is 1.67. The molecule has 4 heteroatoms. The molecule has 1 aliphatic heterocycles. The standard InChI is InChI=1S/C16H14ClNO2/c17-13-7-5-11(6-8-13)16(19)18-14-9-12-3-1-2-4-15(12)20-10-14/h1-8,14H,9-10H2,(H,18,19). The van der Waals surface area contributed by atoms with E-state index < -0.39 is 0 Å². The van der Waals surface area contributed by atoms with Crippen molar-refractivity contribution in [2.45, 2.75) is 12.5 Å². The molecule has 0 fully saturated rings. The molecule has 1 aliphatic rings. The lowest BCUT2D eigenvalue weighted by atomic mass is 10.0. The van der Waals surface area contributed by atoms with Gasteiger partial charge in [0, 0.05) is 10.6 Å². The monoisotopic (exact) mass is 287 g/mol. The highest BCUT2D eigenvalue weighted by molar-refractivity contribution is 6.30. The first-order valence-electron chi connectivity index (χ1n) is 6.49. The minimum atomic E-state index is -0.102. The van der Waals surface area contributed by atoms with E-state index in [-0.39, 0.29) is 11.9 Å². The number of carbonyl (C=O) groups excluding carboxylic acids is 1. The summed E-state index contributed by atoms with van der Waals surface area (Å²) in [6, 6.07) is 14.8. The predicted molar refractivity (Wildman–Crippen MR) is 78.3 cm³/mol. The van der Waals surface area contributed by atoms with E-state index in [1.807, 2.05) is 24.3 Å². The van der Waals surface area contributed by atoms with Crippen molar-refractivity contribution in [1.29, 1.82) is 0 Å². The summed E-state index contributed by atoms with van der Waals surface area (Å²) in [4.78, 5) is 12.1. The first-order valence-corrected chi connectivity index (χ1v) is 6.87. The summed E-state index contributed by atoms with van der Waals surface area (Å²) >= 11 is 5.81. The molecule has 1 heterocycles. The van der Waals surface area contributed by atoms with Gasteiger partial charge in [-0.1, -0.05) is 29.8 Å². The third kappa shape index (κ3) is 2.78. The maximum Gasteiger partial charge on any atom is 0.251 e. The van der Waals surface area contributed by atoms with Crippen LogP contribution in [0.5, 0.6) is 5.75 Å². The van der Waals surface area contributed by atoms with E-state index in [9.17, 15) is 4.79 Å². The number of halogens is 1. The molecule has 0 radical (unpaired) electrons. The van der Waals surface area contributed by atoms with E-state index in [0.29, 0.717) is 17.2 Å². The van der Waals surface area contributed by atoms with Crippen molar-refractivity contribution in [3.8, 4) is 5.75 Å². The van der Waals surface area contributed by atoms with Crippen LogP contribution in [0, 0.1) is 0 Å². The van der Waals surface area contributed by atoms with Crippen LogP contribution in [0.15, 0.2) is 48.5 Å². The van der Waals surface area contributed by atoms with Crippen LogP contribution in [-0.2, 0) is 6.42 Å². The van der Waals surface area contributed by atoms with Gasteiger partial charge in [-0.3, -0.25) is 4.79 Å². The van der Waals surface area contributed by atoms with Crippen LogP contribution in [0.4, 0.5) is 0 Å². The Morgan fingerprint density at radius 1 is 1.15 bits per heavy atom. The van der Waals surface area contributed by atoms with Crippen molar-refractivity contribution in [2.24, 2.45) is 0 Å². The molecule has 3 nitrogen and oxygen atoms in total. The lowest BCUT2D eigenvalue weighted by Crippen LogP contribution is -2.42. The number of carbonyl (C=O) groups is 1. The maximum absolute atomic E-state index is 12.1. The molecule has 102 valence electrons. The van der Waals surface area contributed by atoms with Crippen LogP contribution in [-0.4, -0.2) is 18.6 Å². The first-order chi connectivity index (χ1) is 9.72. The first kappa shape index (κ1) is 13.0. The Morgan fingerprint density at radius 3 is 2.70 bits per heavy atom. The molecular weight excluding hydrogens is 274 g/mol. The van der Waals surface area contributed by atoms with E-state index in [1.54, 1.807) is 24.3 Å². The van der Waals surface area contributed by atoms with Crippen molar-refractivity contribution in [3.63, 3.8) is 0 Å². The number of ether oxygens (including phenoxy) is 1. The Bertz CT molecular complexity index is 625. The van der Waals surface area contributed by atoms with Gasteiger partial charge in [0.05, 0.1) is 6.04 Å². The molecule has 1 unspecified atom stereocenters. The molecule has 1 atom stereocenters. The number of rotatable bonds is 2. The van der Waals surface area contributed by atoms with Crippen LogP contribution in [0.1, 0.15) is 15.9 Å². The Hall–Kier alpha value is -2.00. The van der Waals surface area contributed by atoms with Crippen LogP contribution in [0.2, 0.25) is 5.02 Å². The molecule has 2 aromatic carbocycles. The van der Waals surface area contributed by atoms with E-state index in [4.69, 9.17) is 16.3 Å². The van der Waals surface area contributed by atoms with Gasteiger partial charge in [-0.15, -0.1) is 0 Å². The van der Waals surface area contributed by atoms with Crippen LogP contribution >= 0.6 is 11.6 Å². The zero-order valence-electron chi connectivity index (χ0n) is 10.8. The fraction of sp³-hybridized carbons (Fsp3) is 0.188. The fourth-order valence-corrected chi connectivity index (χ4v) is 2.42. The van der Waals surface area contributed by atoms with Gasteiger partial charge >= 0.3 is 0 Å². The van der Waals surface area contributed by atoms with Gasteiger partial charge < -0.3 is 10.1 Å². The highest BCUT2D eigenvalue weighted by Gasteiger charge is 2.21. The molecular formula is C16H14ClNO2. The van der Waals surface area contributed by atoms with Gasteiger partial charge in [0.15, 0.2) is 0 Å². The fourth-order valence-electron chi connectivity index (χ4n) is 2.29. The SMILES string of the molecule is O=C(NC1COc2ccccc2C1)c1ccc(Cl)cc1. The third-order valence-electron chi connectivity index (χ3n) is 3.32. The summed E-state index contributed by atoms with van der Waals surface area (Å²) in [5.74, 6) is 0.805. The van der Waals surface area contributed by atoms with E-state index in [0.717, 1.165) is 17.7 Å². The quantitative estimate of drug-likeness (QED) is 0.922. The Labute approximate surface area is 122 Å². The second-order valence-electron chi connectivity index (χ2n) is 4.80. The summed E-state index contributed by atoms with van der Waals surface area (Å²) in [7, 11) is 0. The molecule has 1 amide bonds. The zero-order chi connectivity index (χ0) is 13.9. The largest absolute Gasteiger partial charge is 0.491 e. The van der Waals surface area contributed by atoms with Gasteiger partial charge in [-0.25, -0.2) is 0 Å². The topological polar surface area (TPSA) is 38.3 Å². The van der Waals surface area contributed by atoms with Crippen molar-refractivity contribution in [2.75, 3.05) is 6.61 Å². The summed E-state index contributed by atoms with van der Waals surface area (Å²) in [5, 5.41) is 3.61. The average Bonchev–Trinajstić information content (AvgIpc) is 2.48. The highest BCUT2D eigenvalue weighted by Crippen LogP contribution is 2.24. The van der Waals surface area contributed by atoms with Crippen molar-refractivity contribution in [1.82, 2.24) is 5.32 Å². The molecule has 1 N–H and O–H groups in total. The molecule has 0 aromatic heterocycles. The number of hydrogen-bond donors (Lipinski definition) is 1. The molecule has 0 saturated carbocycles. The summed E-state index contributed by atoms with van der Waals surface area (Å²) in [5.41, 5.74) is 1.73. The maximum atomic E-state index is 12.1. The molecule has 0 aliphatic carbocycles. The minimum Gasteiger partial charge on any atom is -0.491 e. The van der Waals surface area contributed by atoms with Crippen LogP contribution < -0.4 is 10.1 Å². The normalized spacial score (nSPS) is 16.9. The zero-order valence-corrected chi connectivity index (χ0v) is 11.6. The van der Waals surface area contributed by atoms with Gasteiger partial charge in [-0.2, -0.15) is 0 Å². The lowest BCUT2D eigenvalue weighted by Gasteiger charge is -2.26. The molecule has 0 spiro atoms. The highest BCUT2D eigenvalue weighted by atomic mass is 35.5. The molecule has 20 heavy (non-hydrogen) atoms. The summed E-state index contributed by atoms with van der Waals surface area (Å²) < 4.78 is 5.66. The number of amides is 1. The molecule has 0 bridgehead atoms. The third-order valence-corrected chi connectivity index (χ3v) is 3.57. The number of fused-ring (bicyclic) bond motifs is 1. The van der Waals surface area contributed by atoms with E-state index in [1.165, 1.54) is 0 Å². The second-order valence-corrected chi connectivity index (χ2v) is 5.24. The number of para-hydroxylation sites is 1. The van der Waals surface area contributed by atoms with Gasteiger partial charge in [0.25, 0.3) is 5.91 Å². The predicted octanol–water partition coefficient (Wildman–Crippen LogP) is 3.07. The lowest BCUT2D eigenvalue weighted by molar-refractivity contribution is 0.0915. The van der Waals surface area contributed by atoms with Gasteiger partial charge in [-0.05, 0) is 42.3 Å². The summed E-state index contributed by atoms with van der Waals surface area (Å²) in [6.45, 7) is 0.496.